The molecule has 0 radical (unpaired) electrons. The van der Waals surface area contributed by atoms with Crippen LogP contribution in [0.1, 0.15) is 51.5 Å². The first-order valence-electron chi connectivity index (χ1n) is 7.00. The number of hydrogen-bond donors (Lipinski definition) is 1. The first-order valence-corrected chi connectivity index (χ1v) is 7.00. The molecule has 19 heavy (non-hydrogen) atoms. The lowest BCUT2D eigenvalue weighted by molar-refractivity contribution is 0.152. The van der Waals surface area contributed by atoms with Crippen molar-refractivity contribution < 1.29 is 8.78 Å². The Morgan fingerprint density at radius 1 is 1.16 bits per heavy atom. The minimum absolute atomic E-state index is 0.0742. The first-order chi connectivity index (χ1) is 8.80. The topological polar surface area (TPSA) is 26.0 Å². The van der Waals surface area contributed by atoms with Gasteiger partial charge in [-0.3, -0.25) is 0 Å². The number of halogens is 2. The number of benzene rings is 1. The Balaban J connectivity index is 2.29. The molecule has 1 aliphatic carbocycles. The van der Waals surface area contributed by atoms with Gasteiger partial charge in [0.2, 0.25) is 0 Å². The highest BCUT2D eigenvalue weighted by Crippen LogP contribution is 2.44. The predicted molar refractivity (Wildman–Crippen MR) is 73.9 cm³/mol. The molecule has 0 amide bonds. The summed E-state index contributed by atoms with van der Waals surface area (Å²) in [7, 11) is 0. The molecule has 0 bridgehead atoms. The standard InChI is InChI=1S/C16H23F2N/c1-16(2,3)10-7-8-14(19)12(9-10)11-5-4-6-13(17)15(11)18/h4-6,10,12,14H,7-9,19H2,1-3H3. The van der Waals surface area contributed by atoms with Gasteiger partial charge in [-0.2, -0.15) is 0 Å². The van der Waals surface area contributed by atoms with Crippen LogP contribution in [0.2, 0.25) is 0 Å². The van der Waals surface area contributed by atoms with Gasteiger partial charge in [0.05, 0.1) is 0 Å². The van der Waals surface area contributed by atoms with E-state index >= 15 is 0 Å². The summed E-state index contributed by atoms with van der Waals surface area (Å²) in [5.41, 5.74) is 6.77. The van der Waals surface area contributed by atoms with E-state index in [1.807, 2.05) is 0 Å². The number of hydrogen-bond acceptors (Lipinski definition) is 1. The molecule has 3 atom stereocenters. The SMILES string of the molecule is CC(C)(C)C1CCC(N)C(c2cccc(F)c2F)C1. The maximum Gasteiger partial charge on any atom is 0.162 e. The van der Waals surface area contributed by atoms with Gasteiger partial charge in [0, 0.05) is 12.0 Å². The second kappa shape index (κ2) is 5.20. The Labute approximate surface area is 114 Å². The fraction of sp³-hybridized carbons (Fsp3) is 0.625. The molecule has 106 valence electrons. The van der Waals surface area contributed by atoms with Crippen molar-refractivity contribution in [2.45, 2.75) is 52.0 Å². The van der Waals surface area contributed by atoms with E-state index in [9.17, 15) is 8.78 Å². The van der Waals surface area contributed by atoms with E-state index in [1.165, 1.54) is 0 Å². The molecule has 0 heterocycles. The van der Waals surface area contributed by atoms with Crippen LogP contribution in [-0.4, -0.2) is 6.04 Å². The molecule has 1 aromatic carbocycles. The van der Waals surface area contributed by atoms with Crippen LogP contribution >= 0.6 is 0 Å². The summed E-state index contributed by atoms with van der Waals surface area (Å²) < 4.78 is 27.3. The molecule has 1 aliphatic rings. The van der Waals surface area contributed by atoms with Crippen LogP contribution in [-0.2, 0) is 0 Å². The summed E-state index contributed by atoms with van der Waals surface area (Å²) in [6.45, 7) is 6.61. The Kier molecular flexibility index (Phi) is 3.95. The summed E-state index contributed by atoms with van der Waals surface area (Å²) >= 11 is 0. The zero-order chi connectivity index (χ0) is 14.2. The molecule has 0 aliphatic heterocycles. The van der Waals surface area contributed by atoms with Gasteiger partial charge in [-0.1, -0.05) is 32.9 Å². The summed E-state index contributed by atoms with van der Waals surface area (Å²) in [6, 6.07) is 4.33. The van der Waals surface area contributed by atoms with Crippen LogP contribution in [0, 0.1) is 23.0 Å². The largest absolute Gasteiger partial charge is 0.327 e. The van der Waals surface area contributed by atoms with Crippen LogP contribution in [0.4, 0.5) is 8.78 Å². The number of rotatable bonds is 1. The fourth-order valence-corrected chi connectivity index (χ4v) is 3.15. The lowest BCUT2D eigenvalue weighted by atomic mass is 9.66. The van der Waals surface area contributed by atoms with E-state index in [1.54, 1.807) is 12.1 Å². The van der Waals surface area contributed by atoms with Gasteiger partial charge in [-0.25, -0.2) is 8.78 Å². The molecule has 0 aromatic heterocycles. The highest BCUT2D eigenvalue weighted by Gasteiger charge is 2.36. The van der Waals surface area contributed by atoms with Crippen molar-refractivity contribution in [2.75, 3.05) is 0 Å². The smallest absolute Gasteiger partial charge is 0.162 e. The lowest BCUT2D eigenvalue weighted by Crippen LogP contribution is -2.38. The summed E-state index contributed by atoms with van der Waals surface area (Å²) in [5.74, 6) is -1.08. The van der Waals surface area contributed by atoms with Gasteiger partial charge in [0.1, 0.15) is 0 Å². The van der Waals surface area contributed by atoms with Gasteiger partial charge in [-0.15, -0.1) is 0 Å². The van der Waals surface area contributed by atoms with Gasteiger partial charge < -0.3 is 5.73 Å². The molecule has 2 N–H and O–H groups in total. The van der Waals surface area contributed by atoms with Crippen molar-refractivity contribution >= 4 is 0 Å². The monoisotopic (exact) mass is 267 g/mol. The van der Waals surface area contributed by atoms with Crippen molar-refractivity contribution in [3.05, 3.63) is 35.4 Å². The third-order valence-electron chi connectivity index (χ3n) is 4.51. The van der Waals surface area contributed by atoms with E-state index < -0.39 is 11.6 Å². The molecule has 0 spiro atoms. The Hall–Kier alpha value is -0.960. The zero-order valence-electron chi connectivity index (χ0n) is 11.9. The second-order valence-electron chi connectivity index (χ2n) is 6.79. The van der Waals surface area contributed by atoms with Crippen LogP contribution in [0.25, 0.3) is 0 Å². The van der Waals surface area contributed by atoms with Gasteiger partial charge in [0.25, 0.3) is 0 Å². The lowest BCUT2D eigenvalue weighted by Gasteiger charge is -2.41. The van der Waals surface area contributed by atoms with Crippen LogP contribution in [0.15, 0.2) is 18.2 Å². The molecule has 3 heteroatoms. The van der Waals surface area contributed by atoms with E-state index in [2.05, 4.69) is 20.8 Å². The maximum absolute atomic E-state index is 14.0. The molecule has 0 saturated heterocycles. The minimum atomic E-state index is -0.775. The van der Waals surface area contributed by atoms with Crippen molar-refractivity contribution in [1.82, 2.24) is 0 Å². The zero-order valence-corrected chi connectivity index (χ0v) is 11.9. The van der Waals surface area contributed by atoms with E-state index in [0.717, 1.165) is 25.3 Å². The molecule has 3 unspecified atom stereocenters. The molecular formula is C16H23F2N. The predicted octanol–water partition coefficient (Wildman–Crippen LogP) is 4.22. The molecule has 1 nitrogen and oxygen atoms in total. The Morgan fingerprint density at radius 3 is 2.47 bits per heavy atom. The van der Waals surface area contributed by atoms with Crippen molar-refractivity contribution in [3.63, 3.8) is 0 Å². The van der Waals surface area contributed by atoms with Crippen molar-refractivity contribution in [2.24, 2.45) is 17.1 Å². The molecular weight excluding hydrogens is 244 g/mol. The second-order valence-corrected chi connectivity index (χ2v) is 6.79. The van der Waals surface area contributed by atoms with Gasteiger partial charge >= 0.3 is 0 Å². The maximum atomic E-state index is 14.0. The molecule has 1 aromatic rings. The highest BCUT2D eigenvalue weighted by atomic mass is 19.2. The quantitative estimate of drug-likeness (QED) is 0.810. The van der Waals surface area contributed by atoms with Crippen LogP contribution < -0.4 is 5.73 Å². The van der Waals surface area contributed by atoms with E-state index in [4.69, 9.17) is 5.73 Å². The Bertz CT molecular complexity index is 451. The third-order valence-corrected chi connectivity index (χ3v) is 4.51. The van der Waals surface area contributed by atoms with E-state index in [-0.39, 0.29) is 17.4 Å². The minimum Gasteiger partial charge on any atom is -0.327 e. The van der Waals surface area contributed by atoms with Crippen molar-refractivity contribution in [3.8, 4) is 0 Å². The Morgan fingerprint density at radius 2 is 1.84 bits per heavy atom. The molecule has 2 rings (SSSR count). The highest BCUT2D eigenvalue weighted by molar-refractivity contribution is 5.25. The average Bonchev–Trinajstić information content (AvgIpc) is 2.32. The van der Waals surface area contributed by atoms with Crippen LogP contribution in [0.3, 0.4) is 0 Å². The summed E-state index contributed by atoms with van der Waals surface area (Å²) in [5, 5.41) is 0. The molecule has 1 fully saturated rings. The van der Waals surface area contributed by atoms with E-state index in [0.29, 0.717) is 11.5 Å². The van der Waals surface area contributed by atoms with Crippen LogP contribution in [0.5, 0.6) is 0 Å². The van der Waals surface area contributed by atoms with Gasteiger partial charge in [0.15, 0.2) is 11.6 Å². The first kappa shape index (κ1) is 14.4. The van der Waals surface area contributed by atoms with Gasteiger partial charge in [-0.05, 0) is 42.2 Å². The van der Waals surface area contributed by atoms with Crippen molar-refractivity contribution in [1.29, 1.82) is 0 Å². The number of nitrogens with two attached hydrogens (primary N) is 1. The average molecular weight is 267 g/mol. The molecule has 1 saturated carbocycles. The fourth-order valence-electron chi connectivity index (χ4n) is 3.15. The summed E-state index contributed by atoms with van der Waals surface area (Å²) in [4.78, 5) is 0. The summed E-state index contributed by atoms with van der Waals surface area (Å²) in [6.07, 6.45) is 2.78. The normalized spacial score (nSPS) is 28.4. The third kappa shape index (κ3) is 2.97.